The van der Waals surface area contributed by atoms with Crippen molar-refractivity contribution in [2.75, 3.05) is 5.32 Å². The number of halogens is 2. The Balaban J connectivity index is 2.95. The fraction of sp³-hybridized carbons (Fsp3) is 0.556. The first-order valence-electron chi connectivity index (χ1n) is 8.14. The van der Waals surface area contributed by atoms with E-state index < -0.39 is 16.7 Å². The normalized spacial score (nSPS) is 13.9. The molecule has 25 heavy (non-hydrogen) atoms. The summed E-state index contributed by atoms with van der Waals surface area (Å²) in [5, 5.41) is 2.22. The monoisotopic (exact) mass is 389 g/mol. The van der Waals surface area contributed by atoms with Crippen molar-refractivity contribution in [2.24, 2.45) is 5.92 Å². The third kappa shape index (κ3) is 6.86. The molecule has 2 unspecified atom stereocenters. The van der Waals surface area contributed by atoms with E-state index in [1.54, 1.807) is 34.6 Å². The van der Waals surface area contributed by atoms with Crippen molar-refractivity contribution in [3.63, 3.8) is 0 Å². The molecule has 140 valence electrons. The number of carbonyl (C=O) groups is 2. The van der Waals surface area contributed by atoms with Crippen LogP contribution in [0.3, 0.4) is 0 Å². The number of hydrogen-bond acceptors (Lipinski definition) is 4. The lowest BCUT2D eigenvalue weighted by Crippen LogP contribution is -2.28. The summed E-state index contributed by atoms with van der Waals surface area (Å²) in [6.07, 6.45) is 0.651. The second-order valence-corrected chi connectivity index (χ2v) is 8.64. The van der Waals surface area contributed by atoms with Crippen molar-refractivity contribution in [1.82, 2.24) is 0 Å². The van der Waals surface area contributed by atoms with Crippen LogP contribution in [0, 0.1) is 11.7 Å². The van der Waals surface area contributed by atoms with Crippen molar-refractivity contribution in [3.05, 3.63) is 23.0 Å². The van der Waals surface area contributed by atoms with Crippen molar-refractivity contribution in [3.8, 4) is 0 Å². The first-order valence-corrected chi connectivity index (χ1v) is 9.39. The van der Waals surface area contributed by atoms with Gasteiger partial charge >= 0.3 is 5.97 Å². The Morgan fingerprint density at radius 3 is 2.44 bits per heavy atom. The van der Waals surface area contributed by atoms with Crippen LogP contribution < -0.4 is 5.32 Å². The number of esters is 1. The van der Waals surface area contributed by atoms with E-state index in [1.165, 1.54) is 6.07 Å². The topological polar surface area (TPSA) is 55.4 Å². The molecule has 0 heterocycles. The van der Waals surface area contributed by atoms with Crippen LogP contribution in [0.15, 0.2) is 17.0 Å². The first-order chi connectivity index (χ1) is 11.4. The summed E-state index contributed by atoms with van der Waals surface area (Å²) >= 11 is 7.24. The molecular weight excluding hydrogens is 365 g/mol. The number of amides is 1. The Hall–Kier alpha value is -1.27. The zero-order chi connectivity index (χ0) is 19.4. The summed E-state index contributed by atoms with van der Waals surface area (Å²) in [4.78, 5) is 24.6. The van der Waals surface area contributed by atoms with Gasteiger partial charge in [-0.15, -0.1) is 11.8 Å². The van der Waals surface area contributed by atoms with Gasteiger partial charge in [-0.2, -0.15) is 0 Å². The van der Waals surface area contributed by atoms with E-state index in [-0.39, 0.29) is 28.5 Å². The fourth-order valence-electron chi connectivity index (χ4n) is 1.78. The van der Waals surface area contributed by atoms with Gasteiger partial charge in [0.2, 0.25) is 5.91 Å². The second kappa shape index (κ2) is 8.90. The summed E-state index contributed by atoms with van der Waals surface area (Å²) in [5.74, 6) is -1.49. The van der Waals surface area contributed by atoms with E-state index in [4.69, 9.17) is 16.3 Å². The molecule has 2 atom stereocenters. The molecule has 0 aliphatic heterocycles. The van der Waals surface area contributed by atoms with Crippen molar-refractivity contribution in [2.45, 2.75) is 63.7 Å². The summed E-state index contributed by atoms with van der Waals surface area (Å²) < 4.78 is 19.4. The summed E-state index contributed by atoms with van der Waals surface area (Å²) in [6, 6.07) is 2.58. The largest absolute Gasteiger partial charge is 0.459 e. The number of carbonyl (C=O) groups excluding carboxylic acids is 2. The Labute approximate surface area is 157 Å². The van der Waals surface area contributed by atoms with Crippen LogP contribution >= 0.6 is 23.4 Å². The number of benzene rings is 1. The molecule has 0 spiro atoms. The average molecular weight is 390 g/mol. The maximum absolute atomic E-state index is 14.1. The lowest BCUT2D eigenvalue weighted by atomic mass is 10.1. The third-order valence-corrected chi connectivity index (χ3v) is 4.94. The third-order valence-electron chi connectivity index (χ3n) is 3.38. The van der Waals surface area contributed by atoms with Crippen molar-refractivity contribution in [1.29, 1.82) is 0 Å². The van der Waals surface area contributed by atoms with Crippen molar-refractivity contribution < 1.29 is 18.7 Å². The minimum Gasteiger partial charge on any atom is -0.459 e. The summed E-state index contributed by atoms with van der Waals surface area (Å²) in [5.41, 5.74) is -0.540. The van der Waals surface area contributed by atoms with Gasteiger partial charge in [-0.25, -0.2) is 4.39 Å². The molecule has 0 aromatic heterocycles. The van der Waals surface area contributed by atoms with E-state index in [1.807, 2.05) is 6.92 Å². The first kappa shape index (κ1) is 21.8. The lowest BCUT2D eigenvalue weighted by Gasteiger charge is -2.22. The highest BCUT2D eigenvalue weighted by molar-refractivity contribution is 8.00. The minimum atomic E-state index is -0.615. The van der Waals surface area contributed by atoms with E-state index >= 15 is 0 Å². The van der Waals surface area contributed by atoms with Gasteiger partial charge in [-0.1, -0.05) is 25.4 Å². The number of ether oxygens (including phenoxy) is 1. The Kier molecular flexibility index (Phi) is 7.75. The smallest absolute Gasteiger partial charge is 0.319 e. The molecule has 1 rings (SSSR count). The van der Waals surface area contributed by atoms with Gasteiger partial charge in [0.05, 0.1) is 10.7 Å². The summed E-state index contributed by atoms with van der Waals surface area (Å²) in [6.45, 7) is 10.7. The molecule has 0 saturated carbocycles. The molecule has 4 nitrogen and oxygen atoms in total. The average Bonchev–Trinajstić information content (AvgIpc) is 2.49. The predicted octanol–water partition coefficient (Wildman–Crippen LogP) is 5.29. The van der Waals surface area contributed by atoms with Crippen LogP contribution in [0.25, 0.3) is 0 Å². The number of rotatable bonds is 6. The highest BCUT2D eigenvalue weighted by atomic mass is 35.5. The zero-order valence-corrected chi connectivity index (χ0v) is 17.0. The van der Waals surface area contributed by atoms with Gasteiger partial charge in [0.1, 0.15) is 16.7 Å². The standard InChI is InChI=1S/C18H25ClFNO3S/c1-7-10(2)16(22)21-14-9-15(12(19)8-13(14)20)25-11(3)17(23)24-18(4,5)6/h8-11H,7H2,1-6H3,(H,21,22). The molecule has 1 amide bonds. The number of anilines is 1. The SMILES string of the molecule is CCC(C)C(=O)Nc1cc(SC(C)C(=O)OC(C)(C)C)c(Cl)cc1F. The van der Waals surface area contributed by atoms with Crippen LogP contribution in [0.5, 0.6) is 0 Å². The van der Waals surface area contributed by atoms with Gasteiger partial charge in [0, 0.05) is 10.8 Å². The fourth-order valence-corrected chi connectivity index (χ4v) is 2.95. The summed E-state index contributed by atoms with van der Waals surface area (Å²) in [7, 11) is 0. The van der Waals surface area contributed by atoms with Crippen LogP contribution in [0.4, 0.5) is 10.1 Å². The van der Waals surface area contributed by atoms with Crippen molar-refractivity contribution >= 4 is 40.9 Å². The molecular formula is C18H25ClFNO3S. The quantitative estimate of drug-likeness (QED) is 0.530. The molecule has 0 fully saturated rings. The van der Waals surface area contributed by atoms with E-state index in [0.717, 1.165) is 17.8 Å². The molecule has 1 aromatic rings. The van der Waals surface area contributed by atoms with E-state index in [2.05, 4.69) is 5.32 Å². The minimum absolute atomic E-state index is 0.0496. The molecule has 0 aliphatic carbocycles. The number of hydrogen-bond donors (Lipinski definition) is 1. The van der Waals surface area contributed by atoms with Gasteiger partial charge in [-0.05, 0) is 46.2 Å². The van der Waals surface area contributed by atoms with E-state index in [0.29, 0.717) is 11.3 Å². The van der Waals surface area contributed by atoms with Gasteiger partial charge in [0.25, 0.3) is 0 Å². The molecule has 0 aliphatic rings. The van der Waals surface area contributed by atoms with Crippen LogP contribution in [0.2, 0.25) is 5.02 Å². The predicted molar refractivity (Wildman–Crippen MR) is 101 cm³/mol. The van der Waals surface area contributed by atoms with E-state index in [9.17, 15) is 14.0 Å². The molecule has 7 heteroatoms. The Morgan fingerprint density at radius 2 is 1.92 bits per heavy atom. The lowest BCUT2D eigenvalue weighted by molar-refractivity contribution is -0.153. The Bertz CT molecular complexity index is 646. The zero-order valence-electron chi connectivity index (χ0n) is 15.4. The maximum Gasteiger partial charge on any atom is 0.319 e. The van der Waals surface area contributed by atoms with Crippen LogP contribution in [0.1, 0.15) is 48.0 Å². The molecule has 0 bridgehead atoms. The molecule has 1 aromatic carbocycles. The van der Waals surface area contributed by atoms with Gasteiger partial charge in [0.15, 0.2) is 0 Å². The number of nitrogens with one attached hydrogen (secondary N) is 1. The van der Waals surface area contributed by atoms with Crippen LogP contribution in [-0.2, 0) is 14.3 Å². The highest BCUT2D eigenvalue weighted by Gasteiger charge is 2.24. The molecule has 0 radical (unpaired) electrons. The maximum atomic E-state index is 14.1. The Morgan fingerprint density at radius 1 is 1.32 bits per heavy atom. The highest BCUT2D eigenvalue weighted by Crippen LogP contribution is 2.35. The number of thioether (sulfide) groups is 1. The molecule has 0 saturated heterocycles. The van der Waals surface area contributed by atoms with Gasteiger partial charge in [-0.3, -0.25) is 9.59 Å². The second-order valence-electron chi connectivity index (χ2n) is 6.85. The molecule has 1 N–H and O–H groups in total. The van der Waals surface area contributed by atoms with Crippen LogP contribution in [-0.4, -0.2) is 22.7 Å². The van der Waals surface area contributed by atoms with Gasteiger partial charge < -0.3 is 10.1 Å².